The number of para-hydroxylation sites is 1. The molecular formula is C74H46N2O2. The monoisotopic (exact) mass is 994 g/mol. The molecule has 0 unspecified atom stereocenters. The van der Waals surface area contributed by atoms with Gasteiger partial charge in [0.15, 0.2) is 11.2 Å². The van der Waals surface area contributed by atoms with E-state index in [1.807, 2.05) is 0 Å². The summed E-state index contributed by atoms with van der Waals surface area (Å²) in [4.78, 5) is 4.75. The maximum atomic E-state index is 7.08. The van der Waals surface area contributed by atoms with Crippen LogP contribution in [0, 0.1) is 0 Å². The number of benzene rings is 14. The molecule has 0 spiro atoms. The summed E-state index contributed by atoms with van der Waals surface area (Å²) in [5.41, 5.74) is 14.1. The zero-order valence-electron chi connectivity index (χ0n) is 42.3. The largest absolute Gasteiger partial charge is 0.454 e. The minimum Gasteiger partial charge on any atom is -0.454 e. The maximum absolute atomic E-state index is 7.08. The van der Waals surface area contributed by atoms with E-state index in [-0.39, 0.29) is 0 Å². The SMILES string of the molecule is c1ccc(-c2ccc(N(c3ccc(-c4ccc(N(c5ccccc5)c5cc6ccccc6c6c5oc5ccc7ccccc7c56)c5ccccc45)cc3)c3cc4ccccc4c4c3oc3ccc5ccccc5c34)cc2)cc1. The van der Waals surface area contributed by atoms with Gasteiger partial charge in [0.2, 0.25) is 0 Å². The third-order valence-electron chi connectivity index (χ3n) is 16.0. The number of fused-ring (bicyclic) bond motifs is 15. The number of rotatable bonds is 8. The van der Waals surface area contributed by atoms with Gasteiger partial charge in [0.05, 0.1) is 17.1 Å². The minimum absolute atomic E-state index is 0.848. The van der Waals surface area contributed by atoms with E-state index in [1.54, 1.807) is 0 Å². The zero-order chi connectivity index (χ0) is 51.3. The van der Waals surface area contributed by atoms with Crippen molar-refractivity contribution in [3.8, 4) is 22.3 Å². The highest BCUT2D eigenvalue weighted by Gasteiger charge is 2.26. The summed E-state index contributed by atoms with van der Waals surface area (Å²) in [6, 6.07) is 100. The summed E-state index contributed by atoms with van der Waals surface area (Å²) in [5, 5.41) is 16.1. The Morgan fingerprint density at radius 1 is 0.231 bits per heavy atom. The quantitative estimate of drug-likeness (QED) is 0.152. The third-order valence-corrected chi connectivity index (χ3v) is 16.0. The summed E-state index contributed by atoms with van der Waals surface area (Å²) in [6.45, 7) is 0. The van der Waals surface area contributed by atoms with Crippen molar-refractivity contribution in [1.82, 2.24) is 0 Å². The van der Waals surface area contributed by atoms with Gasteiger partial charge in [-0.2, -0.15) is 0 Å². The van der Waals surface area contributed by atoms with Gasteiger partial charge in [-0.15, -0.1) is 0 Å². The maximum Gasteiger partial charge on any atom is 0.160 e. The van der Waals surface area contributed by atoms with Crippen molar-refractivity contribution >= 4 is 132 Å². The lowest BCUT2D eigenvalue weighted by Crippen LogP contribution is -2.11. The highest BCUT2D eigenvalue weighted by atomic mass is 16.3. The Balaban J connectivity index is 0.874. The highest BCUT2D eigenvalue weighted by molar-refractivity contribution is 6.31. The van der Waals surface area contributed by atoms with E-state index in [4.69, 9.17) is 8.83 Å². The van der Waals surface area contributed by atoms with Crippen molar-refractivity contribution in [2.24, 2.45) is 0 Å². The first-order valence-corrected chi connectivity index (χ1v) is 26.6. The van der Waals surface area contributed by atoms with E-state index in [9.17, 15) is 0 Å². The van der Waals surface area contributed by atoms with Gasteiger partial charge in [-0.25, -0.2) is 0 Å². The first-order chi connectivity index (χ1) is 38.7. The van der Waals surface area contributed by atoms with Gasteiger partial charge in [-0.05, 0) is 137 Å². The molecule has 2 heterocycles. The molecule has 4 heteroatoms. The van der Waals surface area contributed by atoms with Crippen molar-refractivity contribution in [1.29, 1.82) is 0 Å². The lowest BCUT2D eigenvalue weighted by molar-refractivity contribution is 0.669. The van der Waals surface area contributed by atoms with E-state index < -0.39 is 0 Å². The summed E-state index contributed by atoms with van der Waals surface area (Å²) < 4.78 is 14.2. The second-order valence-corrected chi connectivity index (χ2v) is 20.3. The fourth-order valence-corrected chi connectivity index (χ4v) is 12.4. The lowest BCUT2D eigenvalue weighted by Gasteiger charge is -2.28. The molecule has 0 bridgehead atoms. The molecule has 364 valence electrons. The van der Waals surface area contributed by atoms with Gasteiger partial charge < -0.3 is 18.6 Å². The molecular weight excluding hydrogens is 949 g/mol. The van der Waals surface area contributed by atoms with Crippen LogP contribution in [0.15, 0.2) is 288 Å². The van der Waals surface area contributed by atoms with Crippen LogP contribution in [0.3, 0.4) is 0 Å². The first-order valence-electron chi connectivity index (χ1n) is 26.6. The number of anilines is 6. The minimum atomic E-state index is 0.848. The lowest BCUT2D eigenvalue weighted by atomic mass is 9.95. The van der Waals surface area contributed by atoms with Crippen LogP contribution in [0.1, 0.15) is 0 Å². The third kappa shape index (κ3) is 6.87. The van der Waals surface area contributed by atoms with Crippen molar-refractivity contribution in [3.63, 3.8) is 0 Å². The van der Waals surface area contributed by atoms with Crippen LogP contribution in [0.5, 0.6) is 0 Å². The molecule has 0 aliphatic carbocycles. The van der Waals surface area contributed by atoms with Gasteiger partial charge in [0.1, 0.15) is 11.2 Å². The average Bonchev–Trinajstić information content (AvgIpc) is 4.14. The van der Waals surface area contributed by atoms with Crippen LogP contribution in [-0.4, -0.2) is 0 Å². The molecule has 4 nitrogen and oxygen atoms in total. The Hall–Kier alpha value is -10.4. The topological polar surface area (TPSA) is 32.8 Å². The van der Waals surface area contributed by atoms with Crippen LogP contribution in [0.4, 0.5) is 34.1 Å². The van der Waals surface area contributed by atoms with Crippen LogP contribution < -0.4 is 9.80 Å². The fourth-order valence-electron chi connectivity index (χ4n) is 12.4. The molecule has 0 amide bonds. The summed E-state index contributed by atoms with van der Waals surface area (Å²) >= 11 is 0. The zero-order valence-corrected chi connectivity index (χ0v) is 42.3. The Labute approximate surface area is 449 Å². The Kier molecular flexibility index (Phi) is 9.91. The fraction of sp³-hybridized carbons (Fsp3) is 0. The van der Waals surface area contributed by atoms with E-state index in [1.165, 1.54) is 37.9 Å². The van der Waals surface area contributed by atoms with E-state index in [0.717, 1.165) is 116 Å². The molecule has 0 N–H and O–H groups in total. The summed E-state index contributed by atoms with van der Waals surface area (Å²) in [6.07, 6.45) is 0. The van der Waals surface area contributed by atoms with Gasteiger partial charge in [-0.1, -0.05) is 212 Å². The predicted molar refractivity (Wildman–Crippen MR) is 329 cm³/mol. The van der Waals surface area contributed by atoms with Gasteiger partial charge in [0.25, 0.3) is 0 Å². The van der Waals surface area contributed by atoms with E-state index >= 15 is 0 Å². The molecule has 0 aliphatic rings. The van der Waals surface area contributed by atoms with Crippen molar-refractivity contribution < 1.29 is 8.83 Å². The van der Waals surface area contributed by atoms with Crippen LogP contribution >= 0.6 is 0 Å². The van der Waals surface area contributed by atoms with Gasteiger partial charge in [-0.3, -0.25) is 0 Å². The number of nitrogens with zero attached hydrogens (tertiary/aromatic N) is 2. The van der Waals surface area contributed by atoms with Crippen LogP contribution in [0.2, 0.25) is 0 Å². The molecule has 16 rings (SSSR count). The molecule has 16 aromatic rings. The highest BCUT2D eigenvalue weighted by Crippen LogP contribution is 2.51. The summed E-state index contributed by atoms with van der Waals surface area (Å²) in [7, 11) is 0. The average molecular weight is 995 g/mol. The molecule has 0 aliphatic heterocycles. The van der Waals surface area contributed by atoms with Crippen LogP contribution in [0.25, 0.3) is 120 Å². The van der Waals surface area contributed by atoms with Crippen molar-refractivity contribution in [3.05, 3.63) is 279 Å². The molecule has 0 atom stereocenters. The first kappa shape index (κ1) is 43.9. The number of furan rings is 2. The second-order valence-electron chi connectivity index (χ2n) is 20.3. The smallest absolute Gasteiger partial charge is 0.160 e. The number of hydrogen-bond acceptors (Lipinski definition) is 4. The van der Waals surface area contributed by atoms with E-state index in [0.29, 0.717) is 0 Å². The molecule has 2 aromatic heterocycles. The van der Waals surface area contributed by atoms with E-state index in [2.05, 4.69) is 289 Å². The van der Waals surface area contributed by atoms with Gasteiger partial charge >= 0.3 is 0 Å². The standard InChI is InChI=1S/C74H46N2O2/c1-3-17-47(18-4-1)48-31-37-55(38-32-48)75(65-45-52-21-9-13-27-60(52)71-69-58-25-11-7-19-49(58)35-43-67(69)77-73(65)71)56-39-33-51(34-40-56)57-41-42-64(63-30-16-15-29-62(57)63)76(54-23-5-2-6-24-54)66-46-53-22-10-14-28-61(53)72-70-59-26-12-8-20-50(59)36-44-68(70)78-74(66)72/h1-46H. The molecule has 14 aromatic carbocycles. The predicted octanol–water partition coefficient (Wildman–Crippen LogP) is 21.5. The molecule has 0 radical (unpaired) electrons. The van der Waals surface area contributed by atoms with Crippen molar-refractivity contribution in [2.75, 3.05) is 9.80 Å². The normalized spacial score (nSPS) is 11.8. The molecule has 0 fully saturated rings. The van der Waals surface area contributed by atoms with Crippen molar-refractivity contribution in [2.45, 2.75) is 0 Å². The Bertz CT molecular complexity index is 5020. The molecule has 0 saturated heterocycles. The molecule has 78 heavy (non-hydrogen) atoms. The Morgan fingerprint density at radius 2 is 0.628 bits per heavy atom. The second kappa shape index (κ2) is 17.6. The van der Waals surface area contributed by atoms with Gasteiger partial charge in [0, 0.05) is 44.0 Å². The summed E-state index contributed by atoms with van der Waals surface area (Å²) in [5.74, 6) is 0. The Morgan fingerprint density at radius 3 is 1.17 bits per heavy atom. The molecule has 0 saturated carbocycles. The van der Waals surface area contributed by atoms with Crippen LogP contribution in [-0.2, 0) is 0 Å². The number of hydrogen-bond donors (Lipinski definition) is 0.